The molecule has 0 aliphatic rings. The Labute approximate surface area is 81.5 Å². The van der Waals surface area contributed by atoms with Crippen molar-refractivity contribution in [2.45, 2.75) is 33.6 Å². The van der Waals surface area contributed by atoms with Crippen LogP contribution >= 0.6 is 0 Å². The fourth-order valence-corrected chi connectivity index (χ4v) is 1.20. The lowest BCUT2D eigenvalue weighted by molar-refractivity contribution is -0.108. The Kier molecular flexibility index (Phi) is 6.21. The van der Waals surface area contributed by atoms with Crippen LogP contribution in [-0.2, 0) is 4.79 Å². The van der Waals surface area contributed by atoms with Gasteiger partial charge in [-0.15, -0.1) is 0 Å². The van der Waals surface area contributed by atoms with Gasteiger partial charge in [0.1, 0.15) is 6.29 Å². The van der Waals surface area contributed by atoms with Gasteiger partial charge in [-0.25, -0.2) is 0 Å². The average Bonchev–Trinajstić information content (AvgIpc) is 2.03. The molecule has 13 heavy (non-hydrogen) atoms. The van der Waals surface area contributed by atoms with Crippen LogP contribution in [-0.4, -0.2) is 6.29 Å². The van der Waals surface area contributed by atoms with E-state index in [4.69, 9.17) is 0 Å². The lowest BCUT2D eigenvalue weighted by atomic mass is 9.90. The number of aldehydes is 1. The lowest BCUT2D eigenvalue weighted by Crippen LogP contribution is -2.05. The predicted octanol–water partition coefficient (Wildman–Crippen LogP) is 3.37. The van der Waals surface area contributed by atoms with Crippen LogP contribution < -0.4 is 0 Å². The second-order valence-corrected chi connectivity index (χ2v) is 3.86. The summed E-state index contributed by atoms with van der Waals surface area (Å²) in [7, 11) is 0. The van der Waals surface area contributed by atoms with E-state index in [1.165, 1.54) is 0 Å². The van der Waals surface area contributed by atoms with E-state index in [1.807, 2.05) is 13.0 Å². The van der Waals surface area contributed by atoms with E-state index in [2.05, 4.69) is 26.5 Å². The molecule has 0 spiro atoms. The highest BCUT2D eigenvalue weighted by atomic mass is 16.1. The Morgan fingerprint density at radius 3 is 2.46 bits per heavy atom. The predicted molar refractivity (Wildman–Crippen MR) is 57.6 cm³/mol. The molecule has 0 rings (SSSR count). The molecular weight excluding hydrogens is 160 g/mol. The van der Waals surface area contributed by atoms with Gasteiger partial charge in [0.25, 0.3) is 0 Å². The molecule has 1 heteroatoms. The number of hydrogen-bond acceptors (Lipinski definition) is 1. The van der Waals surface area contributed by atoms with E-state index < -0.39 is 0 Å². The summed E-state index contributed by atoms with van der Waals surface area (Å²) in [5, 5.41) is 0. The summed E-state index contributed by atoms with van der Waals surface area (Å²) in [5.41, 5.74) is 1.07. The number of hydrogen-bond donors (Lipinski definition) is 0. The molecular formula is C12H20O. The molecule has 0 saturated carbocycles. The van der Waals surface area contributed by atoms with Crippen molar-refractivity contribution in [1.82, 2.24) is 0 Å². The topological polar surface area (TPSA) is 17.1 Å². The van der Waals surface area contributed by atoms with Crippen LogP contribution in [0, 0.1) is 11.8 Å². The first-order valence-electron chi connectivity index (χ1n) is 4.85. The standard InChI is InChI=1S/C12H20O/c1-10(2)7-8-12(11(3)4)6-5-9-13/h7-9,11-12H,1,5-6H2,2-4H3/b8-7+. The number of allylic oxidation sites excluding steroid dienone is 3. The van der Waals surface area contributed by atoms with Crippen LogP contribution in [0.5, 0.6) is 0 Å². The van der Waals surface area contributed by atoms with Crippen molar-refractivity contribution < 1.29 is 4.79 Å². The Morgan fingerprint density at radius 1 is 1.46 bits per heavy atom. The quantitative estimate of drug-likeness (QED) is 0.452. The van der Waals surface area contributed by atoms with Gasteiger partial charge in [0, 0.05) is 6.42 Å². The van der Waals surface area contributed by atoms with Gasteiger partial charge < -0.3 is 4.79 Å². The minimum atomic E-state index is 0.502. The maximum Gasteiger partial charge on any atom is 0.120 e. The number of carbonyl (C=O) groups excluding carboxylic acids is 1. The molecule has 1 nitrogen and oxygen atoms in total. The normalized spacial score (nSPS) is 13.5. The Morgan fingerprint density at radius 2 is 2.08 bits per heavy atom. The highest BCUT2D eigenvalue weighted by molar-refractivity contribution is 5.49. The minimum Gasteiger partial charge on any atom is -0.303 e. The third-order valence-corrected chi connectivity index (χ3v) is 2.10. The monoisotopic (exact) mass is 180 g/mol. The fraction of sp³-hybridized carbons (Fsp3) is 0.583. The second kappa shape index (κ2) is 6.64. The summed E-state index contributed by atoms with van der Waals surface area (Å²) in [5.74, 6) is 1.09. The molecule has 0 saturated heterocycles. The van der Waals surface area contributed by atoms with Crippen molar-refractivity contribution in [1.29, 1.82) is 0 Å². The molecule has 0 aromatic carbocycles. The van der Waals surface area contributed by atoms with Crippen molar-refractivity contribution in [2.24, 2.45) is 11.8 Å². The molecule has 0 radical (unpaired) electrons. The summed E-state index contributed by atoms with van der Waals surface area (Å²) < 4.78 is 0. The van der Waals surface area contributed by atoms with Gasteiger partial charge in [0.05, 0.1) is 0 Å². The van der Waals surface area contributed by atoms with Crippen molar-refractivity contribution in [3.8, 4) is 0 Å². The zero-order valence-electron chi connectivity index (χ0n) is 8.92. The largest absolute Gasteiger partial charge is 0.303 e. The van der Waals surface area contributed by atoms with Crippen LogP contribution in [0.1, 0.15) is 33.6 Å². The summed E-state index contributed by atoms with van der Waals surface area (Å²) in [4.78, 5) is 10.2. The van der Waals surface area contributed by atoms with Crippen molar-refractivity contribution in [3.05, 3.63) is 24.3 Å². The van der Waals surface area contributed by atoms with E-state index in [-0.39, 0.29) is 0 Å². The summed E-state index contributed by atoms with van der Waals surface area (Å²) in [6, 6.07) is 0. The molecule has 0 N–H and O–H groups in total. The van der Waals surface area contributed by atoms with Crippen molar-refractivity contribution >= 4 is 6.29 Å². The van der Waals surface area contributed by atoms with Gasteiger partial charge in [0.2, 0.25) is 0 Å². The van der Waals surface area contributed by atoms with Gasteiger partial charge in [0.15, 0.2) is 0 Å². The summed E-state index contributed by atoms with van der Waals surface area (Å²) in [6.45, 7) is 10.1. The summed E-state index contributed by atoms with van der Waals surface area (Å²) in [6.07, 6.45) is 6.80. The third kappa shape index (κ3) is 6.32. The van der Waals surface area contributed by atoms with E-state index in [0.29, 0.717) is 18.3 Å². The second-order valence-electron chi connectivity index (χ2n) is 3.86. The van der Waals surface area contributed by atoms with Crippen molar-refractivity contribution in [3.63, 3.8) is 0 Å². The molecule has 0 bridgehead atoms. The molecule has 0 aromatic rings. The molecule has 0 aliphatic heterocycles. The van der Waals surface area contributed by atoms with E-state index in [9.17, 15) is 4.79 Å². The zero-order chi connectivity index (χ0) is 10.3. The maximum atomic E-state index is 10.2. The molecule has 0 fully saturated rings. The average molecular weight is 180 g/mol. The third-order valence-electron chi connectivity index (χ3n) is 2.10. The Bertz CT molecular complexity index is 189. The minimum absolute atomic E-state index is 0.502. The molecule has 1 atom stereocenters. The first kappa shape index (κ1) is 12.2. The highest BCUT2D eigenvalue weighted by Crippen LogP contribution is 2.18. The Balaban J connectivity index is 4.08. The molecule has 74 valence electrons. The van der Waals surface area contributed by atoms with E-state index in [0.717, 1.165) is 18.3 Å². The van der Waals surface area contributed by atoms with Crippen LogP contribution in [0.25, 0.3) is 0 Å². The van der Waals surface area contributed by atoms with Crippen LogP contribution in [0.4, 0.5) is 0 Å². The molecule has 0 aromatic heterocycles. The van der Waals surface area contributed by atoms with Gasteiger partial charge in [-0.05, 0) is 25.2 Å². The van der Waals surface area contributed by atoms with Gasteiger partial charge in [-0.1, -0.05) is 38.2 Å². The molecule has 0 heterocycles. The lowest BCUT2D eigenvalue weighted by Gasteiger charge is -2.15. The Hall–Kier alpha value is -0.850. The van der Waals surface area contributed by atoms with Gasteiger partial charge in [-0.3, -0.25) is 0 Å². The first-order chi connectivity index (χ1) is 6.07. The number of carbonyl (C=O) groups is 1. The molecule has 0 amide bonds. The van der Waals surface area contributed by atoms with Crippen LogP contribution in [0.15, 0.2) is 24.3 Å². The zero-order valence-corrected chi connectivity index (χ0v) is 8.92. The van der Waals surface area contributed by atoms with E-state index in [1.54, 1.807) is 0 Å². The SMILES string of the molecule is C=C(C)/C=C/C(CCC=O)C(C)C. The van der Waals surface area contributed by atoms with Crippen molar-refractivity contribution in [2.75, 3.05) is 0 Å². The highest BCUT2D eigenvalue weighted by Gasteiger charge is 2.08. The number of rotatable bonds is 6. The van der Waals surface area contributed by atoms with E-state index >= 15 is 0 Å². The smallest absolute Gasteiger partial charge is 0.120 e. The summed E-state index contributed by atoms with van der Waals surface area (Å²) >= 11 is 0. The van der Waals surface area contributed by atoms with Gasteiger partial charge >= 0.3 is 0 Å². The van der Waals surface area contributed by atoms with Crippen LogP contribution in [0.3, 0.4) is 0 Å². The van der Waals surface area contributed by atoms with Crippen LogP contribution in [0.2, 0.25) is 0 Å². The maximum absolute atomic E-state index is 10.2. The van der Waals surface area contributed by atoms with Gasteiger partial charge in [-0.2, -0.15) is 0 Å². The molecule has 1 unspecified atom stereocenters. The fourth-order valence-electron chi connectivity index (χ4n) is 1.20. The molecule has 0 aliphatic carbocycles. The first-order valence-corrected chi connectivity index (χ1v) is 4.85.